The van der Waals surface area contributed by atoms with Crippen molar-refractivity contribution in [3.05, 3.63) is 0 Å². The van der Waals surface area contributed by atoms with Gasteiger partial charge in [0.05, 0.1) is 6.54 Å². The Morgan fingerprint density at radius 3 is 2.29 bits per heavy atom. The van der Waals surface area contributed by atoms with Crippen LogP contribution in [-0.4, -0.2) is 36.5 Å². The lowest BCUT2D eigenvalue weighted by molar-refractivity contribution is -0.129. The van der Waals surface area contributed by atoms with Gasteiger partial charge < -0.3 is 10.2 Å². The number of carbonyl (C=O) groups excluding carboxylic acids is 1. The number of rotatable bonds is 5. The molecule has 0 aliphatic heterocycles. The van der Waals surface area contributed by atoms with Gasteiger partial charge in [0.2, 0.25) is 5.91 Å². The third-order valence-corrected chi connectivity index (χ3v) is 3.13. The van der Waals surface area contributed by atoms with Crippen LogP contribution in [0.3, 0.4) is 0 Å². The SMILES string of the molecule is CCN(CC)C(=O)CNC1CC1(C)C. The van der Waals surface area contributed by atoms with Crippen LogP contribution in [0.1, 0.15) is 34.1 Å². The molecule has 1 atom stereocenters. The molecule has 0 saturated heterocycles. The van der Waals surface area contributed by atoms with Crippen molar-refractivity contribution < 1.29 is 4.79 Å². The van der Waals surface area contributed by atoms with Crippen LogP contribution in [0.4, 0.5) is 0 Å². The van der Waals surface area contributed by atoms with Gasteiger partial charge in [-0.3, -0.25) is 4.79 Å². The Kier molecular flexibility index (Phi) is 3.53. The van der Waals surface area contributed by atoms with Gasteiger partial charge in [-0.1, -0.05) is 13.8 Å². The molecule has 0 spiro atoms. The van der Waals surface area contributed by atoms with E-state index in [2.05, 4.69) is 19.2 Å². The Balaban J connectivity index is 2.21. The van der Waals surface area contributed by atoms with Crippen LogP contribution in [0.25, 0.3) is 0 Å². The fraction of sp³-hybridized carbons (Fsp3) is 0.909. The van der Waals surface area contributed by atoms with Gasteiger partial charge in [-0.2, -0.15) is 0 Å². The molecule has 1 saturated carbocycles. The molecule has 0 radical (unpaired) electrons. The lowest BCUT2D eigenvalue weighted by Gasteiger charge is -2.19. The fourth-order valence-electron chi connectivity index (χ4n) is 1.71. The second-order valence-corrected chi connectivity index (χ2v) is 4.69. The number of carbonyl (C=O) groups is 1. The molecule has 1 amide bonds. The summed E-state index contributed by atoms with van der Waals surface area (Å²) in [7, 11) is 0. The zero-order valence-corrected chi connectivity index (χ0v) is 9.76. The highest BCUT2D eigenvalue weighted by Crippen LogP contribution is 2.44. The molecule has 0 aromatic rings. The summed E-state index contributed by atoms with van der Waals surface area (Å²) in [4.78, 5) is 13.5. The van der Waals surface area contributed by atoms with Crippen molar-refractivity contribution in [3.8, 4) is 0 Å². The Hall–Kier alpha value is -0.570. The Labute approximate surface area is 86.9 Å². The summed E-state index contributed by atoms with van der Waals surface area (Å²) in [5.41, 5.74) is 0.406. The normalized spacial score (nSPS) is 23.3. The average molecular weight is 198 g/mol. The molecular formula is C11H22N2O. The van der Waals surface area contributed by atoms with Gasteiger partial charge in [-0.25, -0.2) is 0 Å². The molecule has 0 aromatic carbocycles. The van der Waals surface area contributed by atoms with Gasteiger partial charge in [-0.05, 0) is 25.7 Å². The maximum atomic E-state index is 11.6. The number of likely N-dealkylation sites (N-methyl/N-ethyl adjacent to an activating group) is 1. The molecule has 1 rings (SSSR count). The Bertz CT molecular complexity index is 209. The van der Waals surface area contributed by atoms with Gasteiger partial charge in [0.25, 0.3) is 0 Å². The molecule has 0 bridgehead atoms. The lowest BCUT2D eigenvalue weighted by atomic mass is 10.2. The molecule has 82 valence electrons. The van der Waals surface area contributed by atoms with E-state index >= 15 is 0 Å². The molecule has 1 N–H and O–H groups in total. The van der Waals surface area contributed by atoms with Crippen molar-refractivity contribution in [1.82, 2.24) is 10.2 Å². The highest BCUT2D eigenvalue weighted by atomic mass is 16.2. The van der Waals surface area contributed by atoms with Gasteiger partial charge >= 0.3 is 0 Å². The molecule has 0 aromatic heterocycles. The monoisotopic (exact) mass is 198 g/mol. The minimum atomic E-state index is 0.220. The van der Waals surface area contributed by atoms with Crippen molar-refractivity contribution in [2.24, 2.45) is 5.41 Å². The second kappa shape index (κ2) is 4.30. The first-order chi connectivity index (χ1) is 6.51. The van der Waals surface area contributed by atoms with Crippen LogP contribution in [0.2, 0.25) is 0 Å². The zero-order chi connectivity index (χ0) is 10.8. The van der Waals surface area contributed by atoms with E-state index in [9.17, 15) is 4.79 Å². The van der Waals surface area contributed by atoms with E-state index < -0.39 is 0 Å². The third-order valence-electron chi connectivity index (χ3n) is 3.13. The highest BCUT2D eigenvalue weighted by Gasteiger charge is 2.45. The van der Waals surface area contributed by atoms with Crippen molar-refractivity contribution in [2.45, 2.75) is 40.2 Å². The number of nitrogens with one attached hydrogen (secondary N) is 1. The molecule has 0 heterocycles. The molecule has 14 heavy (non-hydrogen) atoms. The minimum Gasteiger partial charge on any atom is -0.342 e. The van der Waals surface area contributed by atoms with Crippen molar-refractivity contribution in [1.29, 1.82) is 0 Å². The van der Waals surface area contributed by atoms with Gasteiger partial charge in [0, 0.05) is 19.1 Å². The predicted octanol–water partition coefficient (Wildman–Crippen LogP) is 1.24. The van der Waals surface area contributed by atoms with E-state index in [1.807, 2.05) is 18.7 Å². The van der Waals surface area contributed by atoms with E-state index in [4.69, 9.17) is 0 Å². The van der Waals surface area contributed by atoms with Gasteiger partial charge in [0.15, 0.2) is 0 Å². The first-order valence-electron chi connectivity index (χ1n) is 5.52. The second-order valence-electron chi connectivity index (χ2n) is 4.69. The summed E-state index contributed by atoms with van der Waals surface area (Å²) in [6, 6.07) is 0.544. The maximum absolute atomic E-state index is 11.6. The highest BCUT2D eigenvalue weighted by molar-refractivity contribution is 5.78. The van der Waals surface area contributed by atoms with Crippen LogP contribution in [0.5, 0.6) is 0 Å². The van der Waals surface area contributed by atoms with Crippen LogP contribution >= 0.6 is 0 Å². The Morgan fingerprint density at radius 2 is 1.93 bits per heavy atom. The summed E-state index contributed by atoms with van der Waals surface area (Å²) >= 11 is 0. The third kappa shape index (κ3) is 2.71. The quantitative estimate of drug-likeness (QED) is 0.721. The lowest BCUT2D eigenvalue weighted by Crippen LogP contribution is -2.39. The Morgan fingerprint density at radius 1 is 1.43 bits per heavy atom. The van der Waals surface area contributed by atoms with Crippen LogP contribution in [0, 0.1) is 5.41 Å². The standard InChI is InChI=1S/C11H22N2O/c1-5-13(6-2)10(14)8-12-9-7-11(9,3)4/h9,12H,5-8H2,1-4H3. The van der Waals surface area contributed by atoms with E-state index in [0.717, 1.165) is 13.1 Å². The maximum Gasteiger partial charge on any atom is 0.236 e. The summed E-state index contributed by atoms with van der Waals surface area (Å²) in [5, 5.41) is 3.30. The summed E-state index contributed by atoms with van der Waals surface area (Å²) in [5.74, 6) is 0.220. The van der Waals surface area contributed by atoms with Crippen molar-refractivity contribution in [2.75, 3.05) is 19.6 Å². The molecule has 1 aliphatic carbocycles. The predicted molar refractivity (Wildman–Crippen MR) is 58.1 cm³/mol. The molecule has 3 heteroatoms. The van der Waals surface area contributed by atoms with Gasteiger partial charge in [-0.15, -0.1) is 0 Å². The van der Waals surface area contributed by atoms with E-state index in [1.165, 1.54) is 6.42 Å². The number of hydrogen-bond acceptors (Lipinski definition) is 2. The first kappa shape index (κ1) is 11.5. The molecule has 1 unspecified atom stereocenters. The fourth-order valence-corrected chi connectivity index (χ4v) is 1.71. The number of hydrogen-bond donors (Lipinski definition) is 1. The minimum absolute atomic E-state index is 0.220. The van der Waals surface area contributed by atoms with E-state index in [1.54, 1.807) is 0 Å². The van der Waals surface area contributed by atoms with E-state index in [0.29, 0.717) is 18.0 Å². The molecule has 1 aliphatic rings. The van der Waals surface area contributed by atoms with Crippen molar-refractivity contribution in [3.63, 3.8) is 0 Å². The summed E-state index contributed by atoms with van der Waals surface area (Å²) < 4.78 is 0. The smallest absolute Gasteiger partial charge is 0.236 e. The zero-order valence-electron chi connectivity index (χ0n) is 9.76. The topological polar surface area (TPSA) is 32.3 Å². The largest absolute Gasteiger partial charge is 0.342 e. The van der Waals surface area contributed by atoms with E-state index in [-0.39, 0.29) is 5.91 Å². The van der Waals surface area contributed by atoms with Crippen LogP contribution in [0.15, 0.2) is 0 Å². The molecule has 1 fully saturated rings. The molecule has 3 nitrogen and oxygen atoms in total. The number of nitrogens with zero attached hydrogens (tertiary/aromatic N) is 1. The summed E-state index contributed by atoms with van der Waals surface area (Å²) in [6.07, 6.45) is 1.19. The first-order valence-corrected chi connectivity index (χ1v) is 5.52. The van der Waals surface area contributed by atoms with Crippen LogP contribution < -0.4 is 5.32 Å². The van der Waals surface area contributed by atoms with Crippen LogP contribution in [-0.2, 0) is 4.79 Å². The average Bonchev–Trinajstić information content (AvgIpc) is 2.73. The van der Waals surface area contributed by atoms with Gasteiger partial charge in [0.1, 0.15) is 0 Å². The number of amides is 1. The molecular weight excluding hydrogens is 176 g/mol. The van der Waals surface area contributed by atoms with Crippen molar-refractivity contribution >= 4 is 5.91 Å². The summed E-state index contributed by atoms with van der Waals surface area (Å²) in [6.45, 7) is 10.6.